The zero-order chi connectivity index (χ0) is 13.0. The van der Waals surface area contributed by atoms with Gasteiger partial charge in [-0.3, -0.25) is 4.79 Å². The van der Waals surface area contributed by atoms with Gasteiger partial charge >= 0.3 is 0 Å². The predicted octanol–water partition coefficient (Wildman–Crippen LogP) is 1.39. The smallest absolute Gasteiger partial charge is 0.229 e. The normalized spacial score (nSPS) is 16.7. The maximum Gasteiger partial charge on any atom is 0.229 e. The van der Waals surface area contributed by atoms with E-state index in [1.807, 2.05) is 11.8 Å². The van der Waals surface area contributed by atoms with Crippen LogP contribution in [-0.2, 0) is 11.2 Å². The highest BCUT2D eigenvalue weighted by atomic mass is 35.5. The predicted molar refractivity (Wildman–Crippen MR) is 68.6 cm³/mol. The first-order chi connectivity index (χ1) is 8.68. The maximum atomic E-state index is 12.1. The number of hydrogen-bond acceptors (Lipinski definition) is 4. The van der Waals surface area contributed by atoms with Gasteiger partial charge in [-0.05, 0) is 37.9 Å². The SMILES string of the molecule is Cc1noc(Cl)c1CCC(=O)N1CCCNCC1. The summed E-state index contributed by atoms with van der Waals surface area (Å²) in [6.07, 6.45) is 2.07. The van der Waals surface area contributed by atoms with Crippen LogP contribution in [0, 0.1) is 6.92 Å². The fourth-order valence-electron chi connectivity index (χ4n) is 2.13. The van der Waals surface area contributed by atoms with Gasteiger partial charge in [0.2, 0.25) is 11.1 Å². The number of rotatable bonds is 3. The standard InChI is InChI=1S/C12H18ClN3O2/c1-9-10(12(13)18-15-9)3-4-11(17)16-7-2-5-14-6-8-16/h14H,2-8H2,1H3. The Morgan fingerprint density at radius 2 is 2.33 bits per heavy atom. The summed E-state index contributed by atoms with van der Waals surface area (Å²) in [6, 6.07) is 0. The monoisotopic (exact) mass is 271 g/mol. The van der Waals surface area contributed by atoms with Gasteiger partial charge in [0.25, 0.3) is 0 Å². The van der Waals surface area contributed by atoms with Crippen LogP contribution in [0.25, 0.3) is 0 Å². The van der Waals surface area contributed by atoms with Gasteiger partial charge in [-0.1, -0.05) is 5.16 Å². The summed E-state index contributed by atoms with van der Waals surface area (Å²) >= 11 is 5.88. The third kappa shape index (κ3) is 3.23. The fraction of sp³-hybridized carbons (Fsp3) is 0.667. The molecule has 1 aliphatic heterocycles. The first-order valence-corrected chi connectivity index (χ1v) is 6.65. The third-order valence-corrected chi connectivity index (χ3v) is 3.52. The topological polar surface area (TPSA) is 58.4 Å². The van der Waals surface area contributed by atoms with Gasteiger partial charge in [0, 0.05) is 31.6 Å². The van der Waals surface area contributed by atoms with Crippen molar-refractivity contribution >= 4 is 17.5 Å². The van der Waals surface area contributed by atoms with Crippen LogP contribution in [0.1, 0.15) is 24.1 Å². The summed E-state index contributed by atoms with van der Waals surface area (Å²) in [6.45, 7) is 5.32. The van der Waals surface area contributed by atoms with Crippen molar-refractivity contribution in [2.45, 2.75) is 26.2 Å². The first kappa shape index (κ1) is 13.4. The molecule has 1 saturated heterocycles. The highest BCUT2D eigenvalue weighted by molar-refractivity contribution is 6.29. The van der Waals surface area contributed by atoms with E-state index in [0.29, 0.717) is 18.1 Å². The zero-order valence-corrected chi connectivity index (χ0v) is 11.3. The molecule has 1 amide bonds. The zero-order valence-electron chi connectivity index (χ0n) is 10.5. The molecule has 5 nitrogen and oxygen atoms in total. The van der Waals surface area contributed by atoms with E-state index in [-0.39, 0.29) is 5.91 Å². The molecule has 0 aliphatic carbocycles. The Bertz CT molecular complexity index is 392. The van der Waals surface area contributed by atoms with Crippen LogP contribution in [0.3, 0.4) is 0 Å². The maximum absolute atomic E-state index is 12.1. The molecule has 0 unspecified atom stereocenters. The Labute approximate surface area is 111 Å². The Kier molecular flexibility index (Phi) is 4.60. The Hall–Kier alpha value is -1.07. The lowest BCUT2D eigenvalue weighted by molar-refractivity contribution is -0.130. The average Bonchev–Trinajstić information content (AvgIpc) is 2.61. The first-order valence-electron chi connectivity index (χ1n) is 6.27. The van der Waals surface area contributed by atoms with Gasteiger partial charge in [0.1, 0.15) is 0 Å². The van der Waals surface area contributed by atoms with Gasteiger partial charge in [0.15, 0.2) is 0 Å². The van der Waals surface area contributed by atoms with Gasteiger partial charge in [-0.2, -0.15) is 0 Å². The summed E-state index contributed by atoms with van der Waals surface area (Å²) in [4.78, 5) is 14.0. The molecule has 2 rings (SSSR count). The molecule has 1 aromatic rings. The number of carbonyl (C=O) groups is 1. The van der Waals surface area contributed by atoms with Crippen LogP contribution >= 0.6 is 11.6 Å². The number of halogens is 1. The number of aryl methyl sites for hydroxylation is 1. The third-order valence-electron chi connectivity index (χ3n) is 3.22. The van der Waals surface area contributed by atoms with Crippen LogP contribution in [-0.4, -0.2) is 42.1 Å². The quantitative estimate of drug-likeness (QED) is 0.903. The molecule has 0 radical (unpaired) electrons. The number of amides is 1. The molecule has 0 saturated carbocycles. The van der Waals surface area contributed by atoms with Crippen LogP contribution in [0.5, 0.6) is 0 Å². The Morgan fingerprint density at radius 1 is 1.50 bits per heavy atom. The van der Waals surface area contributed by atoms with Crippen molar-refractivity contribution in [1.29, 1.82) is 0 Å². The number of aromatic nitrogens is 1. The summed E-state index contributed by atoms with van der Waals surface area (Å²) in [5.74, 6) is 0.176. The Balaban J connectivity index is 1.87. The molecule has 6 heteroatoms. The van der Waals surface area contributed by atoms with Crippen molar-refractivity contribution in [2.24, 2.45) is 0 Å². The minimum absolute atomic E-state index is 0.176. The second kappa shape index (κ2) is 6.20. The molecule has 0 atom stereocenters. The van der Waals surface area contributed by atoms with Crippen molar-refractivity contribution in [3.05, 3.63) is 16.5 Å². The van der Waals surface area contributed by atoms with Crippen molar-refractivity contribution in [2.75, 3.05) is 26.2 Å². The lowest BCUT2D eigenvalue weighted by atomic mass is 10.1. The highest BCUT2D eigenvalue weighted by Gasteiger charge is 2.17. The molecular formula is C12H18ClN3O2. The number of carbonyl (C=O) groups excluding carboxylic acids is 1. The lowest BCUT2D eigenvalue weighted by Crippen LogP contribution is -2.34. The van der Waals surface area contributed by atoms with E-state index in [2.05, 4.69) is 10.5 Å². The minimum Gasteiger partial charge on any atom is -0.344 e. The van der Waals surface area contributed by atoms with E-state index >= 15 is 0 Å². The molecule has 2 heterocycles. The van der Waals surface area contributed by atoms with E-state index < -0.39 is 0 Å². The molecular weight excluding hydrogens is 254 g/mol. The number of nitrogens with one attached hydrogen (secondary N) is 1. The molecule has 0 spiro atoms. The van der Waals surface area contributed by atoms with Gasteiger partial charge < -0.3 is 14.7 Å². The van der Waals surface area contributed by atoms with Crippen LogP contribution < -0.4 is 5.32 Å². The molecule has 18 heavy (non-hydrogen) atoms. The van der Waals surface area contributed by atoms with Crippen LogP contribution in [0.2, 0.25) is 5.22 Å². The van der Waals surface area contributed by atoms with Gasteiger partial charge in [-0.25, -0.2) is 0 Å². The minimum atomic E-state index is 0.176. The van der Waals surface area contributed by atoms with E-state index in [9.17, 15) is 4.79 Å². The largest absolute Gasteiger partial charge is 0.344 e. The lowest BCUT2D eigenvalue weighted by Gasteiger charge is -2.19. The van der Waals surface area contributed by atoms with E-state index in [1.165, 1.54) is 0 Å². The van der Waals surface area contributed by atoms with E-state index in [1.54, 1.807) is 0 Å². The molecule has 0 bridgehead atoms. The molecule has 1 fully saturated rings. The molecule has 1 N–H and O–H groups in total. The molecule has 1 aliphatic rings. The van der Waals surface area contributed by atoms with Gasteiger partial charge in [-0.15, -0.1) is 0 Å². The van der Waals surface area contributed by atoms with Crippen molar-refractivity contribution in [3.63, 3.8) is 0 Å². The summed E-state index contributed by atoms with van der Waals surface area (Å²) in [5, 5.41) is 7.36. The Morgan fingerprint density at radius 3 is 3.06 bits per heavy atom. The highest BCUT2D eigenvalue weighted by Crippen LogP contribution is 2.20. The van der Waals surface area contributed by atoms with Gasteiger partial charge in [0.05, 0.1) is 5.69 Å². The summed E-state index contributed by atoms with van der Waals surface area (Å²) in [7, 11) is 0. The van der Waals surface area contributed by atoms with Crippen LogP contribution in [0.4, 0.5) is 0 Å². The van der Waals surface area contributed by atoms with Crippen molar-refractivity contribution < 1.29 is 9.32 Å². The molecule has 1 aromatic heterocycles. The number of nitrogens with zero attached hydrogens (tertiary/aromatic N) is 2. The molecule has 100 valence electrons. The second-order valence-corrected chi connectivity index (χ2v) is 4.85. The van der Waals surface area contributed by atoms with Crippen molar-refractivity contribution in [1.82, 2.24) is 15.4 Å². The van der Waals surface area contributed by atoms with Crippen LogP contribution in [0.15, 0.2) is 4.52 Å². The second-order valence-electron chi connectivity index (χ2n) is 4.50. The average molecular weight is 272 g/mol. The summed E-state index contributed by atoms with van der Waals surface area (Å²) in [5.41, 5.74) is 1.61. The fourth-order valence-corrected chi connectivity index (χ4v) is 2.39. The van der Waals surface area contributed by atoms with Crippen molar-refractivity contribution in [3.8, 4) is 0 Å². The van der Waals surface area contributed by atoms with E-state index in [4.69, 9.17) is 16.1 Å². The summed E-state index contributed by atoms with van der Waals surface area (Å²) < 4.78 is 4.87. The van der Waals surface area contributed by atoms with E-state index in [0.717, 1.165) is 43.9 Å². The number of hydrogen-bond donors (Lipinski definition) is 1. The molecule has 0 aromatic carbocycles.